The lowest BCUT2D eigenvalue weighted by Crippen LogP contribution is -2.46. The summed E-state index contributed by atoms with van der Waals surface area (Å²) in [6, 6.07) is 9.69. The van der Waals surface area contributed by atoms with Crippen LogP contribution in [-0.2, 0) is 6.42 Å². The van der Waals surface area contributed by atoms with Crippen LogP contribution in [0.3, 0.4) is 0 Å². The summed E-state index contributed by atoms with van der Waals surface area (Å²) in [7, 11) is 0. The fourth-order valence-electron chi connectivity index (χ4n) is 3.48. The lowest BCUT2D eigenvalue weighted by molar-refractivity contribution is 0.115. The van der Waals surface area contributed by atoms with E-state index in [1.165, 1.54) is 12.0 Å². The molecule has 2 aliphatic heterocycles. The minimum absolute atomic E-state index is 0.316. The van der Waals surface area contributed by atoms with Crippen molar-refractivity contribution in [3.63, 3.8) is 0 Å². The lowest BCUT2D eigenvalue weighted by atomic mass is 10.0. The second kappa shape index (κ2) is 6.37. The highest BCUT2D eigenvalue weighted by atomic mass is 16.5. The largest absolute Gasteiger partial charge is 0.488 e. The van der Waals surface area contributed by atoms with E-state index in [0.29, 0.717) is 24.1 Å². The third-order valence-electron chi connectivity index (χ3n) is 4.98. The molecule has 1 saturated heterocycles. The topological polar surface area (TPSA) is 24.5 Å². The molecule has 1 aromatic rings. The molecular weight excluding hydrogens is 260 g/mol. The van der Waals surface area contributed by atoms with Gasteiger partial charge < -0.3 is 10.1 Å². The number of rotatable bonds is 3. The van der Waals surface area contributed by atoms with E-state index in [9.17, 15) is 0 Å². The Morgan fingerprint density at radius 1 is 1.33 bits per heavy atom. The molecule has 0 spiro atoms. The number of benzene rings is 1. The average Bonchev–Trinajstić information content (AvgIpc) is 2.77. The molecule has 3 rings (SSSR count). The monoisotopic (exact) mass is 288 g/mol. The molecule has 0 aliphatic carbocycles. The van der Waals surface area contributed by atoms with Crippen molar-refractivity contribution >= 4 is 0 Å². The van der Waals surface area contributed by atoms with Crippen LogP contribution in [0.4, 0.5) is 0 Å². The molecule has 3 atom stereocenters. The first-order valence-electron chi connectivity index (χ1n) is 8.35. The van der Waals surface area contributed by atoms with Crippen molar-refractivity contribution in [1.82, 2.24) is 10.2 Å². The number of hydrogen-bond donors (Lipinski definition) is 1. The quantitative estimate of drug-likeness (QED) is 0.925. The van der Waals surface area contributed by atoms with Crippen LogP contribution in [0.15, 0.2) is 24.3 Å². The number of nitrogens with one attached hydrogen (secondary N) is 1. The zero-order valence-corrected chi connectivity index (χ0v) is 13.5. The number of nitrogens with zero attached hydrogens (tertiary/aromatic N) is 1. The van der Waals surface area contributed by atoms with Gasteiger partial charge in [-0.2, -0.15) is 0 Å². The highest BCUT2D eigenvalue weighted by Gasteiger charge is 2.30. The van der Waals surface area contributed by atoms with Crippen molar-refractivity contribution in [2.45, 2.75) is 51.8 Å². The Kier molecular flexibility index (Phi) is 4.51. The molecule has 3 nitrogen and oxygen atoms in total. The van der Waals surface area contributed by atoms with Gasteiger partial charge in [0.05, 0.1) is 0 Å². The highest BCUT2D eigenvalue weighted by Crippen LogP contribution is 2.29. The van der Waals surface area contributed by atoms with Crippen LogP contribution in [-0.4, -0.2) is 42.7 Å². The van der Waals surface area contributed by atoms with Gasteiger partial charge in [0.1, 0.15) is 11.9 Å². The molecule has 0 radical (unpaired) electrons. The minimum atomic E-state index is 0.316. The Morgan fingerprint density at radius 2 is 2.14 bits per heavy atom. The number of para-hydroxylation sites is 1. The van der Waals surface area contributed by atoms with Crippen molar-refractivity contribution in [2.24, 2.45) is 5.92 Å². The first-order chi connectivity index (χ1) is 10.1. The molecule has 1 N–H and O–H groups in total. The van der Waals surface area contributed by atoms with Crippen LogP contribution in [0.1, 0.15) is 32.8 Å². The summed E-state index contributed by atoms with van der Waals surface area (Å²) < 4.78 is 6.13. The van der Waals surface area contributed by atoms with E-state index >= 15 is 0 Å². The van der Waals surface area contributed by atoms with Crippen LogP contribution in [0.5, 0.6) is 5.75 Å². The Bertz CT molecular complexity index is 449. The van der Waals surface area contributed by atoms with Gasteiger partial charge in [-0.1, -0.05) is 32.0 Å². The first-order valence-corrected chi connectivity index (χ1v) is 8.35. The van der Waals surface area contributed by atoms with Crippen LogP contribution in [0, 0.1) is 5.92 Å². The van der Waals surface area contributed by atoms with E-state index in [4.69, 9.17) is 4.74 Å². The molecular formula is C18H28N2O. The second-order valence-electron chi connectivity index (χ2n) is 6.95. The molecule has 0 amide bonds. The summed E-state index contributed by atoms with van der Waals surface area (Å²) >= 11 is 0. The van der Waals surface area contributed by atoms with E-state index in [2.05, 4.69) is 55.3 Å². The molecule has 2 aliphatic rings. The maximum Gasteiger partial charge on any atom is 0.123 e. The Labute approximate surface area is 128 Å². The molecule has 0 bridgehead atoms. The normalized spacial score (nSPS) is 30.0. The van der Waals surface area contributed by atoms with Gasteiger partial charge in [-0.3, -0.25) is 4.90 Å². The number of hydrogen-bond acceptors (Lipinski definition) is 3. The molecule has 1 fully saturated rings. The third-order valence-corrected chi connectivity index (χ3v) is 4.98. The maximum absolute atomic E-state index is 6.13. The van der Waals surface area contributed by atoms with Crippen molar-refractivity contribution in [1.29, 1.82) is 0 Å². The van der Waals surface area contributed by atoms with E-state index in [1.54, 1.807) is 0 Å². The number of ether oxygens (including phenoxy) is 1. The predicted molar refractivity (Wildman–Crippen MR) is 86.8 cm³/mol. The van der Waals surface area contributed by atoms with E-state index in [1.807, 2.05) is 0 Å². The van der Waals surface area contributed by atoms with Gasteiger partial charge >= 0.3 is 0 Å². The van der Waals surface area contributed by atoms with E-state index < -0.39 is 0 Å². The standard InChI is InChI=1S/C18H28N2O/c1-13(2)17-12-20(14(3)8-9-19-17)11-16-10-15-6-4-5-7-18(15)21-16/h4-7,13-14,16-17,19H,8-12H2,1-3H3. The van der Waals surface area contributed by atoms with Gasteiger partial charge in [-0.15, -0.1) is 0 Å². The fourth-order valence-corrected chi connectivity index (χ4v) is 3.48. The molecule has 2 heterocycles. The van der Waals surface area contributed by atoms with Crippen molar-refractivity contribution < 1.29 is 4.74 Å². The van der Waals surface area contributed by atoms with Gasteiger partial charge in [0.2, 0.25) is 0 Å². The Balaban J connectivity index is 1.63. The fraction of sp³-hybridized carbons (Fsp3) is 0.667. The molecule has 3 heteroatoms. The molecule has 116 valence electrons. The van der Waals surface area contributed by atoms with Gasteiger partial charge in [-0.25, -0.2) is 0 Å². The summed E-state index contributed by atoms with van der Waals surface area (Å²) in [5.41, 5.74) is 1.36. The van der Waals surface area contributed by atoms with Crippen LogP contribution >= 0.6 is 0 Å². The summed E-state index contributed by atoms with van der Waals surface area (Å²) in [6.45, 7) is 10.3. The van der Waals surface area contributed by atoms with Crippen LogP contribution < -0.4 is 10.1 Å². The Morgan fingerprint density at radius 3 is 2.90 bits per heavy atom. The third kappa shape index (κ3) is 3.41. The molecule has 21 heavy (non-hydrogen) atoms. The maximum atomic E-state index is 6.13. The van der Waals surface area contributed by atoms with Crippen LogP contribution in [0.25, 0.3) is 0 Å². The van der Waals surface area contributed by atoms with Gasteiger partial charge in [0.25, 0.3) is 0 Å². The molecule has 0 saturated carbocycles. The average molecular weight is 288 g/mol. The molecule has 1 aromatic carbocycles. The summed E-state index contributed by atoms with van der Waals surface area (Å²) in [5, 5.41) is 3.70. The summed E-state index contributed by atoms with van der Waals surface area (Å²) in [6.07, 6.45) is 2.60. The van der Waals surface area contributed by atoms with Crippen molar-refractivity contribution in [2.75, 3.05) is 19.6 Å². The smallest absolute Gasteiger partial charge is 0.123 e. The first kappa shape index (κ1) is 14.9. The van der Waals surface area contributed by atoms with E-state index in [0.717, 1.165) is 31.8 Å². The number of fused-ring (bicyclic) bond motifs is 1. The van der Waals surface area contributed by atoms with Crippen LogP contribution in [0.2, 0.25) is 0 Å². The minimum Gasteiger partial charge on any atom is -0.488 e. The molecule has 0 aromatic heterocycles. The summed E-state index contributed by atoms with van der Waals surface area (Å²) in [5.74, 6) is 1.77. The molecule has 3 unspecified atom stereocenters. The van der Waals surface area contributed by atoms with Gasteiger partial charge in [0, 0.05) is 31.6 Å². The second-order valence-corrected chi connectivity index (χ2v) is 6.95. The van der Waals surface area contributed by atoms with Crippen molar-refractivity contribution in [3.05, 3.63) is 29.8 Å². The SMILES string of the molecule is CC(C)C1CN(CC2Cc3ccccc3O2)C(C)CCN1. The van der Waals surface area contributed by atoms with E-state index in [-0.39, 0.29) is 0 Å². The Hall–Kier alpha value is -1.06. The van der Waals surface area contributed by atoms with Gasteiger partial charge in [-0.05, 0) is 37.4 Å². The highest BCUT2D eigenvalue weighted by molar-refractivity contribution is 5.37. The summed E-state index contributed by atoms with van der Waals surface area (Å²) in [4.78, 5) is 2.63. The predicted octanol–water partition coefficient (Wildman–Crippen LogP) is 2.70. The lowest BCUT2D eigenvalue weighted by Gasteiger charge is -2.32. The zero-order chi connectivity index (χ0) is 14.8. The van der Waals surface area contributed by atoms with Crippen molar-refractivity contribution in [3.8, 4) is 5.75 Å². The van der Waals surface area contributed by atoms with Gasteiger partial charge in [0.15, 0.2) is 0 Å². The zero-order valence-electron chi connectivity index (χ0n) is 13.5.